The van der Waals surface area contributed by atoms with Crippen LogP contribution in [-0.4, -0.2) is 11.1 Å². The van der Waals surface area contributed by atoms with Gasteiger partial charge in [-0.1, -0.05) is 15.9 Å². The summed E-state index contributed by atoms with van der Waals surface area (Å²) in [6, 6.07) is 6.82. The van der Waals surface area contributed by atoms with E-state index < -0.39 is 5.97 Å². The molecule has 1 aromatic heterocycles. The molecule has 0 aliphatic heterocycles. The maximum Gasteiger partial charge on any atom is 0.337 e. The van der Waals surface area contributed by atoms with Crippen LogP contribution in [0.15, 0.2) is 45.7 Å². The SMILES string of the molecule is O=C(O)c1ccc(Br)cc1NCc1ccoc1. The molecule has 0 aliphatic rings. The standard InChI is InChI=1S/C12H10BrNO3/c13-9-1-2-10(12(15)16)11(5-9)14-6-8-3-4-17-7-8/h1-5,7,14H,6H2,(H,15,16). The zero-order chi connectivity index (χ0) is 12.3. The van der Waals surface area contributed by atoms with Crippen LogP contribution < -0.4 is 5.32 Å². The van der Waals surface area contributed by atoms with E-state index in [1.165, 1.54) is 0 Å². The molecule has 0 unspecified atom stereocenters. The molecular formula is C12H10BrNO3. The molecular weight excluding hydrogens is 286 g/mol. The van der Waals surface area contributed by atoms with Crippen LogP contribution in [0.4, 0.5) is 5.69 Å². The first kappa shape index (κ1) is 11.7. The number of halogens is 1. The second-order valence-electron chi connectivity index (χ2n) is 3.48. The van der Waals surface area contributed by atoms with Gasteiger partial charge in [0.1, 0.15) is 0 Å². The van der Waals surface area contributed by atoms with Crippen molar-refractivity contribution in [3.05, 3.63) is 52.4 Å². The first-order valence-electron chi connectivity index (χ1n) is 4.94. The van der Waals surface area contributed by atoms with Gasteiger partial charge in [-0.05, 0) is 24.3 Å². The number of carboxylic acid groups (broad SMARTS) is 1. The summed E-state index contributed by atoms with van der Waals surface area (Å²) in [4.78, 5) is 11.0. The molecule has 2 N–H and O–H groups in total. The molecule has 0 saturated carbocycles. The Bertz CT molecular complexity index is 523. The summed E-state index contributed by atoms with van der Waals surface area (Å²) in [5, 5.41) is 12.1. The van der Waals surface area contributed by atoms with Crippen LogP contribution in [0.1, 0.15) is 15.9 Å². The Morgan fingerprint density at radius 2 is 2.24 bits per heavy atom. The highest BCUT2D eigenvalue weighted by Gasteiger charge is 2.10. The highest BCUT2D eigenvalue weighted by molar-refractivity contribution is 9.10. The quantitative estimate of drug-likeness (QED) is 0.908. The third-order valence-electron chi connectivity index (χ3n) is 2.28. The van der Waals surface area contributed by atoms with Gasteiger partial charge < -0.3 is 14.8 Å². The van der Waals surface area contributed by atoms with Crippen molar-refractivity contribution in [3.8, 4) is 0 Å². The van der Waals surface area contributed by atoms with Crippen molar-refractivity contribution in [1.82, 2.24) is 0 Å². The van der Waals surface area contributed by atoms with E-state index in [1.54, 1.807) is 30.7 Å². The Kier molecular flexibility index (Phi) is 3.49. The number of hydrogen-bond acceptors (Lipinski definition) is 3. The zero-order valence-electron chi connectivity index (χ0n) is 8.81. The predicted molar refractivity (Wildman–Crippen MR) is 67.1 cm³/mol. The van der Waals surface area contributed by atoms with Gasteiger partial charge in [-0.3, -0.25) is 0 Å². The molecule has 88 valence electrons. The summed E-state index contributed by atoms with van der Waals surface area (Å²) >= 11 is 3.31. The number of hydrogen-bond donors (Lipinski definition) is 2. The molecule has 0 fully saturated rings. The summed E-state index contributed by atoms with van der Waals surface area (Å²) in [5.41, 5.74) is 1.78. The number of nitrogens with one attached hydrogen (secondary N) is 1. The molecule has 17 heavy (non-hydrogen) atoms. The van der Waals surface area contributed by atoms with Gasteiger partial charge in [0.05, 0.1) is 23.8 Å². The topological polar surface area (TPSA) is 62.5 Å². The lowest BCUT2D eigenvalue weighted by molar-refractivity contribution is 0.0698. The number of carbonyl (C=O) groups is 1. The summed E-state index contributed by atoms with van der Waals surface area (Å²) in [5.74, 6) is -0.952. The number of carboxylic acids is 1. The molecule has 2 rings (SSSR count). The molecule has 0 bridgehead atoms. The van der Waals surface area contributed by atoms with Gasteiger partial charge in [0.2, 0.25) is 0 Å². The highest BCUT2D eigenvalue weighted by Crippen LogP contribution is 2.22. The minimum Gasteiger partial charge on any atom is -0.478 e. The normalized spacial score (nSPS) is 10.2. The van der Waals surface area contributed by atoms with Crippen molar-refractivity contribution in [2.24, 2.45) is 0 Å². The average Bonchev–Trinajstić information content (AvgIpc) is 2.78. The van der Waals surface area contributed by atoms with Crippen LogP contribution in [0.5, 0.6) is 0 Å². The molecule has 1 aromatic carbocycles. The summed E-state index contributed by atoms with van der Waals surface area (Å²) < 4.78 is 5.77. The Morgan fingerprint density at radius 1 is 1.41 bits per heavy atom. The van der Waals surface area contributed by atoms with E-state index >= 15 is 0 Å². The molecule has 5 heteroatoms. The number of anilines is 1. The third kappa shape index (κ3) is 2.88. The fraction of sp³-hybridized carbons (Fsp3) is 0.0833. The van der Waals surface area contributed by atoms with Crippen LogP contribution in [0.3, 0.4) is 0 Å². The average molecular weight is 296 g/mol. The first-order valence-corrected chi connectivity index (χ1v) is 5.74. The second kappa shape index (κ2) is 5.05. The van der Waals surface area contributed by atoms with E-state index in [9.17, 15) is 4.79 Å². The first-order chi connectivity index (χ1) is 8.16. The van der Waals surface area contributed by atoms with E-state index in [1.807, 2.05) is 6.07 Å². The van der Waals surface area contributed by atoms with Gasteiger partial charge >= 0.3 is 5.97 Å². The predicted octanol–water partition coefficient (Wildman–Crippen LogP) is 3.35. The van der Waals surface area contributed by atoms with Crippen molar-refractivity contribution < 1.29 is 14.3 Å². The van der Waals surface area contributed by atoms with Gasteiger partial charge in [0.25, 0.3) is 0 Å². The molecule has 1 heterocycles. The lowest BCUT2D eigenvalue weighted by atomic mass is 10.1. The largest absolute Gasteiger partial charge is 0.478 e. The van der Waals surface area contributed by atoms with E-state index in [0.29, 0.717) is 12.2 Å². The summed E-state index contributed by atoms with van der Waals surface area (Å²) in [7, 11) is 0. The third-order valence-corrected chi connectivity index (χ3v) is 2.77. The van der Waals surface area contributed by atoms with Crippen molar-refractivity contribution in [1.29, 1.82) is 0 Å². The lowest BCUT2D eigenvalue weighted by Gasteiger charge is -2.08. The minimum atomic E-state index is -0.952. The Morgan fingerprint density at radius 3 is 2.88 bits per heavy atom. The summed E-state index contributed by atoms with van der Waals surface area (Å²) in [6.07, 6.45) is 3.20. The Labute approximate surface area is 106 Å². The second-order valence-corrected chi connectivity index (χ2v) is 4.40. The fourth-order valence-corrected chi connectivity index (χ4v) is 1.80. The molecule has 2 aromatic rings. The maximum atomic E-state index is 11.0. The molecule has 0 atom stereocenters. The minimum absolute atomic E-state index is 0.247. The van der Waals surface area contributed by atoms with E-state index in [-0.39, 0.29) is 5.56 Å². The molecule has 0 aliphatic carbocycles. The highest BCUT2D eigenvalue weighted by atomic mass is 79.9. The molecule has 0 radical (unpaired) electrons. The number of aromatic carboxylic acids is 1. The van der Waals surface area contributed by atoms with Crippen molar-refractivity contribution in [2.45, 2.75) is 6.54 Å². The van der Waals surface area contributed by atoms with Crippen LogP contribution >= 0.6 is 15.9 Å². The van der Waals surface area contributed by atoms with Gasteiger partial charge in [0.15, 0.2) is 0 Å². The smallest absolute Gasteiger partial charge is 0.337 e. The number of rotatable bonds is 4. The van der Waals surface area contributed by atoms with Gasteiger partial charge in [0, 0.05) is 16.6 Å². The van der Waals surface area contributed by atoms with Crippen molar-refractivity contribution in [2.75, 3.05) is 5.32 Å². The van der Waals surface area contributed by atoms with E-state index in [0.717, 1.165) is 10.0 Å². The van der Waals surface area contributed by atoms with E-state index in [2.05, 4.69) is 21.2 Å². The van der Waals surface area contributed by atoms with Crippen LogP contribution in [0, 0.1) is 0 Å². The lowest BCUT2D eigenvalue weighted by Crippen LogP contribution is -2.05. The zero-order valence-corrected chi connectivity index (χ0v) is 10.4. The summed E-state index contributed by atoms with van der Waals surface area (Å²) in [6.45, 7) is 0.521. The molecule has 0 amide bonds. The van der Waals surface area contributed by atoms with Gasteiger partial charge in [-0.15, -0.1) is 0 Å². The number of furan rings is 1. The monoisotopic (exact) mass is 295 g/mol. The van der Waals surface area contributed by atoms with E-state index in [4.69, 9.17) is 9.52 Å². The van der Waals surface area contributed by atoms with Crippen LogP contribution in [-0.2, 0) is 6.54 Å². The van der Waals surface area contributed by atoms with Gasteiger partial charge in [-0.2, -0.15) is 0 Å². The van der Waals surface area contributed by atoms with Crippen molar-refractivity contribution >= 4 is 27.6 Å². The molecule has 0 spiro atoms. The fourth-order valence-electron chi connectivity index (χ4n) is 1.44. The van der Waals surface area contributed by atoms with Crippen molar-refractivity contribution in [3.63, 3.8) is 0 Å². The molecule has 0 saturated heterocycles. The van der Waals surface area contributed by atoms with Crippen LogP contribution in [0.2, 0.25) is 0 Å². The Hall–Kier alpha value is -1.75. The van der Waals surface area contributed by atoms with Crippen LogP contribution in [0.25, 0.3) is 0 Å². The Balaban J connectivity index is 2.19. The molecule has 4 nitrogen and oxygen atoms in total. The number of benzene rings is 1. The maximum absolute atomic E-state index is 11.0. The van der Waals surface area contributed by atoms with Gasteiger partial charge in [-0.25, -0.2) is 4.79 Å².